The first-order valence-electron chi connectivity index (χ1n) is 9.11. The summed E-state index contributed by atoms with van der Waals surface area (Å²) < 4.78 is 11.5. The van der Waals surface area contributed by atoms with Gasteiger partial charge < -0.3 is 14.8 Å². The summed E-state index contributed by atoms with van der Waals surface area (Å²) in [5.74, 6) is 1.48. The molecule has 1 aliphatic rings. The van der Waals surface area contributed by atoms with Crippen LogP contribution in [0, 0.1) is 0 Å². The van der Waals surface area contributed by atoms with Crippen molar-refractivity contribution in [1.29, 1.82) is 0 Å². The summed E-state index contributed by atoms with van der Waals surface area (Å²) in [6.45, 7) is 12.9. The van der Waals surface area contributed by atoms with Crippen LogP contribution in [0.3, 0.4) is 0 Å². The van der Waals surface area contributed by atoms with Crippen molar-refractivity contribution in [3.63, 3.8) is 0 Å². The molecule has 24 heavy (non-hydrogen) atoms. The van der Waals surface area contributed by atoms with Gasteiger partial charge in [0.25, 0.3) is 0 Å². The van der Waals surface area contributed by atoms with Crippen LogP contribution in [0.25, 0.3) is 0 Å². The van der Waals surface area contributed by atoms with Crippen LogP contribution >= 0.6 is 11.6 Å². The van der Waals surface area contributed by atoms with Crippen LogP contribution in [-0.4, -0.2) is 43.3 Å². The average Bonchev–Trinajstić information content (AvgIpc) is 2.98. The summed E-state index contributed by atoms with van der Waals surface area (Å²) >= 11 is 6.45. The smallest absolute Gasteiger partial charge is 0.163 e. The lowest BCUT2D eigenvalue weighted by Crippen LogP contribution is -2.37. The fourth-order valence-electron chi connectivity index (χ4n) is 3.24. The Hall–Kier alpha value is -0.970. The largest absolute Gasteiger partial charge is 0.490 e. The number of halogens is 1. The summed E-state index contributed by atoms with van der Waals surface area (Å²) in [5.41, 5.74) is 1.05. The van der Waals surface area contributed by atoms with Crippen molar-refractivity contribution in [3.05, 3.63) is 22.7 Å². The van der Waals surface area contributed by atoms with Crippen molar-refractivity contribution in [1.82, 2.24) is 10.2 Å². The van der Waals surface area contributed by atoms with Gasteiger partial charge in [0.1, 0.15) is 0 Å². The molecular formula is C19H31ClN2O2. The van der Waals surface area contributed by atoms with E-state index in [0.717, 1.165) is 36.0 Å². The maximum Gasteiger partial charge on any atom is 0.163 e. The van der Waals surface area contributed by atoms with Gasteiger partial charge >= 0.3 is 0 Å². The average molecular weight is 355 g/mol. The molecule has 4 nitrogen and oxygen atoms in total. The van der Waals surface area contributed by atoms with E-state index in [1.807, 2.05) is 32.9 Å². The highest BCUT2D eigenvalue weighted by Crippen LogP contribution is 2.34. The second-order valence-corrected chi connectivity index (χ2v) is 6.95. The second kappa shape index (κ2) is 9.50. The van der Waals surface area contributed by atoms with Crippen molar-refractivity contribution in [2.45, 2.75) is 59.2 Å². The highest BCUT2D eigenvalue weighted by Gasteiger charge is 2.22. The van der Waals surface area contributed by atoms with Crippen molar-refractivity contribution in [2.75, 3.05) is 26.2 Å². The highest BCUT2D eigenvalue weighted by molar-refractivity contribution is 6.31. The molecule has 1 heterocycles. The van der Waals surface area contributed by atoms with Gasteiger partial charge in [0.15, 0.2) is 11.5 Å². The van der Waals surface area contributed by atoms with Gasteiger partial charge in [0, 0.05) is 30.2 Å². The monoisotopic (exact) mass is 354 g/mol. The molecule has 1 aromatic carbocycles. The molecule has 0 aliphatic carbocycles. The zero-order chi connectivity index (χ0) is 17.5. The van der Waals surface area contributed by atoms with Gasteiger partial charge in [-0.15, -0.1) is 0 Å². The third-order valence-electron chi connectivity index (χ3n) is 4.38. The normalized spacial score (nSPS) is 18.3. The van der Waals surface area contributed by atoms with E-state index in [4.69, 9.17) is 21.1 Å². The first-order chi connectivity index (χ1) is 11.5. The minimum Gasteiger partial charge on any atom is -0.490 e. The number of ether oxygens (including phenoxy) is 2. The number of nitrogens with zero attached hydrogens (tertiary/aromatic N) is 1. The van der Waals surface area contributed by atoms with Gasteiger partial charge in [-0.2, -0.15) is 0 Å². The summed E-state index contributed by atoms with van der Waals surface area (Å²) in [7, 11) is 0. The zero-order valence-electron chi connectivity index (χ0n) is 15.4. The minimum absolute atomic E-state index is 0.0895. The molecule has 136 valence electrons. The number of nitrogens with one attached hydrogen (secondary N) is 1. The summed E-state index contributed by atoms with van der Waals surface area (Å²) in [5, 5.41) is 4.28. The number of rotatable bonds is 9. The highest BCUT2D eigenvalue weighted by atomic mass is 35.5. The molecule has 0 amide bonds. The Morgan fingerprint density at radius 3 is 2.75 bits per heavy atom. The van der Waals surface area contributed by atoms with E-state index in [-0.39, 0.29) is 6.10 Å². The Bertz CT molecular complexity index is 522. The van der Waals surface area contributed by atoms with Crippen molar-refractivity contribution < 1.29 is 9.47 Å². The maximum absolute atomic E-state index is 6.45. The first kappa shape index (κ1) is 19.4. The minimum atomic E-state index is 0.0895. The number of hydrogen-bond acceptors (Lipinski definition) is 4. The number of likely N-dealkylation sites (N-methyl/N-ethyl adjacent to an activating group) is 1. The van der Waals surface area contributed by atoms with Crippen LogP contribution in [0.15, 0.2) is 12.1 Å². The molecule has 1 aliphatic heterocycles. The lowest BCUT2D eigenvalue weighted by atomic mass is 10.1. The Labute approximate surface area is 151 Å². The van der Waals surface area contributed by atoms with Crippen molar-refractivity contribution >= 4 is 11.6 Å². The van der Waals surface area contributed by atoms with Crippen LogP contribution in [-0.2, 0) is 6.54 Å². The predicted octanol–water partition coefficient (Wildman–Crippen LogP) is 4.10. The van der Waals surface area contributed by atoms with E-state index in [1.165, 1.54) is 19.4 Å². The molecule has 0 spiro atoms. The number of likely N-dealkylation sites (tertiary alicyclic amines) is 1. The number of benzene rings is 1. The van der Waals surface area contributed by atoms with E-state index in [0.29, 0.717) is 18.4 Å². The summed E-state index contributed by atoms with van der Waals surface area (Å²) in [6.07, 6.45) is 2.67. The standard InChI is InChI=1S/C19H31ClN2O2/c1-5-22-9-7-8-16(22)13-21-12-15-10-18(23-6-2)19(11-17(15)20)24-14(3)4/h10-11,14,16,21H,5-9,12-13H2,1-4H3. The molecule has 1 fully saturated rings. The van der Waals surface area contributed by atoms with Gasteiger partial charge in [0.05, 0.1) is 12.7 Å². The molecule has 0 bridgehead atoms. The molecule has 0 saturated carbocycles. The van der Waals surface area contributed by atoms with E-state index in [1.54, 1.807) is 0 Å². The SMILES string of the molecule is CCOc1cc(CNCC2CCCN2CC)c(Cl)cc1OC(C)C. The summed E-state index contributed by atoms with van der Waals surface area (Å²) in [4.78, 5) is 2.54. The van der Waals surface area contributed by atoms with E-state index in [9.17, 15) is 0 Å². The van der Waals surface area contributed by atoms with Gasteiger partial charge in [0.2, 0.25) is 0 Å². The van der Waals surface area contributed by atoms with Crippen molar-refractivity contribution in [3.8, 4) is 11.5 Å². The Balaban J connectivity index is 2.00. The van der Waals surface area contributed by atoms with Gasteiger partial charge in [-0.3, -0.25) is 4.90 Å². The molecule has 1 saturated heterocycles. The Morgan fingerprint density at radius 1 is 1.29 bits per heavy atom. The lowest BCUT2D eigenvalue weighted by Gasteiger charge is -2.23. The Morgan fingerprint density at radius 2 is 2.08 bits per heavy atom. The van der Waals surface area contributed by atoms with E-state index >= 15 is 0 Å². The van der Waals surface area contributed by atoms with Crippen molar-refractivity contribution in [2.24, 2.45) is 0 Å². The first-order valence-corrected chi connectivity index (χ1v) is 9.49. The molecule has 1 unspecified atom stereocenters. The van der Waals surface area contributed by atoms with E-state index in [2.05, 4.69) is 17.1 Å². The summed E-state index contributed by atoms with van der Waals surface area (Å²) in [6, 6.07) is 4.52. The molecule has 1 N–H and O–H groups in total. The fraction of sp³-hybridized carbons (Fsp3) is 0.684. The molecule has 0 radical (unpaired) electrons. The predicted molar refractivity (Wildman–Crippen MR) is 100 cm³/mol. The van der Waals surface area contributed by atoms with Crippen LogP contribution < -0.4 is 14.8 Å². The van der Waals surface area contributed by atoms with Gasteiger partial charge in [-0.25, -0.2) is 0 Å². The molecule has 1 atom stereocenters. The number of hydrogen-bond donors (Lipinski definition) is 1. The van der Waals surface area contributed by atoms with Crippen LogP contribution in [0.1, 0.15) is 46.1 Å². The second-order valence-electron chi connectivity index (χ2n) is 6.55. The van der Waals surface area contributed by atoms with Crippen LogP contribution in [0.2, 0.25) is 5.02 Å². The lowest BCUT2D eigenvalue weighted by molar-refractivity contribution is 0.223. The third-order valence-corrected chi connectivity index (χ3v) is 4.73. The van der Waals surface area contributed by atoms with E-state index < -0.39 is 0 Å². The quantitative estimate of drug-likeness (QED) is 0.723. The van der Waals surface area contributed by atoms with Gasteiger partial charge in [-0.05, 0) is 58.3 Å². The third kappa shape index (κ3) is 5.27. The van der Waals surface area contributed by atoms with Gasteiger partial charge in [-0.1, -0.05) is 18.5 Å². The zero-order valence-corrected chi connectivity index (χ0v) is 16.2. The molecular weight excluding hydrogens is 324 g/mol. The molecule has 0 aromatic heterocycles. The maximum atomic E-state index is 6.45. The fourth-order valence-corrected chi connectivity index (χ4v) is 3.46. The van der Waals surface area contributed by atoms with Crippen LogP contribution in [0.4, 0.5) is 0 Å². The molecule has 1 aromatic rings. The Kier molecular flexibility index (Phi) is 7.66. The topological polar surface area (TPSA) is 33.7 Å². The van der Waals surface area contributed by atoms with Crippen LogP contribution in [0.5, 0.6) is 11.5 Å². The molecule has 5 heteroatoms. The molecule has 2 rings (SSSR count).